The minimum atomic E-state index is -3.83. The summed E-state index contributed by atoms with van der Waals surface area (Å²) < 4.78 is 51.8. The molecular formula is C28H32N4O9S2. The quantitative estimate of drug-likeness (QED) is 0.342. The normalized spacial score (nSPS) is 15.9. The zero-order valence-corrected chi connectivity index (χ0v) is 25.4. The van der Waals surface area contributed by atoms with E-state index in [2.05, 4.69) is 4.99 Å². The fourth-order valence-electron chi connectivity index (χ4n) is 4.74. The number of esters is 1. The minimum absolute atomic E-state index is 0.0329. The average molecular weight is 633 g/mol. The monoisotopic (exact) mass is 632 g/mol. The van der Waals surface area contributed by atoms with Crippen LogP contribution in [-0.2, 0) is 30.8 Å². The molecular weight excluding hydrogens is 600 g/mol. The van der Waals surface area contributed by atoms with Gasteiger partial charge in [0.05, 0.1) is 34.7 Å². The number of sulfonamides is 1. The van der Waals surface area contributed by atoms with Gasteiger partial charge in [-0.15, -0.1) is 0 Å². The Hall–Kier alpha value is -3.95. The second-order valence-corrected chi connectivity index (χ2v) is 12.5. The largest absolute Gasteiger partial charge is 0.486 e. The van der Waals surface area contributed by atoms with E-state index in [1.54, 1.807) is 24.5 Å². The predicted molar refractivity (Wildman–Crippen MR) is 156 cm³/mol. The number of benzene rings is 2. The third kappa shape index (κ3) is 6.68. The molecule has 0 unspecified atom stereocenters. The average Bonchev–Trinajstić information content (AvgIpc) is 3.34. The summed E-state index contributed by atoms with van der Waals surface area (Å²) in [5.41, 5.74) is 0.932. The number of thiazole rings is 1. The molecule has 3 aromatic rings. The molecule has 15 heteroatoms. The second-order valence-electron chi connectivity index (χ2n) is 9.59. The summed E-state index contributed by atoms with van der Waals surface area (Å²) in [5.74, 6) is 0.219. The van der Waals surface area contributed by atoms with Crippen molar-refractivity contribution >= 4 is 49.5 Å². The van der Waals surface area contributed by atoms with Gasteiger partial charge in [0.25, 0.3) is 5.91 Å². The molecule has 1 aromatic heterocycles. The molecule has 0 spiro atoms. The van der Waals surface area contributed by atoms with Crippen LogP contribution < -0.4 is 14.3 Å². The third-order valence-corrected chi connectivity index (χ3v) is 9.85. The van der Waals surface area contributed by atoms with E-state index in [0.717, 1.165) is 10.2 Å². The van der Waals surface area contributed by atoms with Crippen LogP contribution in [0.2, 0.25) is 0 Å². The Morgan fingerprint density at radius 2 is 1.58 bits per heavy atom. The van der Waals surface area contributed by atoms with E-state index < -0.39 is 22.0 Å². The number of amides is 2. The van der Waals surface area contributed by atoms with Crippen molar-refractivity contribution in [1.29, 1.82) is 0 Å². The van der Waals surface area contributed by atoms with Crippen LogP contribution in [0.15, 0.2) is 46.3 Å². The van der Waals surface area contributed by atoms with Crippen molar-refractivity contribution < 1.29 is 41.7 Å². The summed E-state index contributed by atoms with van der Waals surface area (Å²) in [6.45, 7) is 5.73. The predicted octanol–water partition coefficient (Wildman–Crippen LogP) is 2.63. The maximum absolute atomic E-state index is 13.2. The first kappa shape index (κ1) is 30.5. The second kappa shape index (κ2) is 13.1. The van der Waals surface area contributed by atoms with Crippen LogP contribution in [-0.4, -0.2) is 92.8 Å². The van der Waals surface area contributed by atoms with Gasteiger partial charge in [0, 0.05) is 50.4 Å². The van der Waals surface area contributed by atoms with E-state index in [1.807, 2.05) is 6.07 Å². The van der Waals surface area contributed by atoms with Crippen LogP contribution in [0.1, 0.15) is 30.6 Å². The van der Waals surface area contributed by atoms with E-state index in [9.17, 15) is 22.8 Å². The van der Waals surface area contributed by atoms with E-state index in [-0.39, 0.29) is 68.8 Å². The molecule has 0 saturated carbocycles. The van der Waals surface area contributed by atoms with Gasteiger partial charge in [-0.25, -0.2) is 13.2 Å². The standard InChI is InChI=1S/C28H32N4O9S2/c1-3-38-25(33)9-10-32-21-17-22-23(41-16-15-40-22)18-24(21)42-27(32)29-26(34)19-5-7-20(8-6-19)43(36,37)31-13-11-30(12-14-31)28(35)39-4-2/h5-8,17-18H,3-4,9-16H2,1-2H3. The lowest BCUT2D eigenvalue weighted by Crippen LogP contribution is -2.50. The van der Waals surface area contributed by atoms with Gasteiger partial charge in [-0.3, -0.25) is 9.59 Å². The lowest BCUT2D eigenvalue weighted by Gasteiger charge is -2.33. The molecule has 0 bridgehead atoms. The smallest absolute Gasteiger partial charge is 0.409 e. The van der Waals surface area contributed by atoms with Crippen LogP contribution in [0, 0.1) is 0 Å². The molecule has 0 N–H and O–H groups in total. The molecule has 5 rings (SSSR count). The van der Waals surface area contributed by atoms with Crippen molar-refractivity contribution in [2.45, 2.75) is 31.7 Å². The Balaban J connectivity index is 1.38. The molecule has 2 aromatic carbocycles. The van der Waals surface area contributed by atoms with Gasteiger partial charge in [-0.2, -0.15) is 9.30 Å². The van der Waals surface area contributed by atoms with Crippen LogP contribution in [0.4, 0.5) is 4.79 Å². The highest BCUT2D eigenvalue weighted by molar-refractivity contribution is 7.89. The van der Waals surface area contributed by atoms with E-state index in [0.29, 0.717) is 29.5 Å². The number of aryl methyl sites for hydroxylation is 1. The Kier molecular flexibility index (Phi) is 9.32. The zero-order chi connectivity index (χ0) is 30.6. The number of hydrogen-bond acceptors (Lipinski definition) is 10. The Morgan fingerprint density at radius 3 is 2.23 bits per heavy atom. The highest BCUT2D eigenvalue weighted by Crippen LogP contribution is 2.35. The highest BCUT2D eigenvalue weighted by atomic mass is 32.2. The lowest BCUT2D eigenvalue weighted by molar-refractivity contribution is -0.143. The lowest BCUT2D eigenvalue weighted by atomic mass is 10.2. The number of aromatic nitrogens is 1. The molecule has 1 saturated heterocycles. The summed E-state index contributed by atoms with van der Waals surface area (Å²) in [7, 11) is -3.83. The van der Waals surface area contributed by atoms with Crippen molar-refractivity contribution in [1.82, 2.24) is 13.8 Å². The van der Waals surface area contributed by atoms with E-state index in [4.69, 9.17) is 18.9 Å². The first-order valence-corrected chi connectivity index (χ1v) is 16.2. The van der Waals surface area contributed by atoms with Crippen LogP contribution in [0.25, 0.3) is 10.2 Å². The van der Waals surface area contributed by atoms with Crippen molar-refractivity contribution in [2.75, 3.05) is 52.6 Å². The summed E-state index contributed by atoms with van der Waals surface area (Å²) in [6, 6.07) is 9.22. The number of rotatable bonds is 8. The van der Waals surface area contributed by atoms with E-state index >= 15 is 0 Å². The Bertz CT molecular complexity index is 1690. The van der Waals surface area contributed by atoms with Crippen LogP contribution in [0.3, 0.4) is 0 Å². The first-order chi connectivity index (χ1) is 20.7. The minimum Gasteiger partial charge on any atom is -0.486 e. The maximum atomic E-state index is 13.2. The molecule has 43 heavy (non-hydrogen) atoms. The summed E-state index contributed by atoms with van der Waals surface area (Å²) in [6.07, 6.45) is -0.385. The number of ether oxygens (including phenoxy) is 4. The molecule has 0 atom stereocenters. The Morgan fingerprint density at radius 1 is 0.930 bits per heavy atom. The SMILES string of the molecule is CCOC(=O)CCn1c(=NC(=O)c2ccc(S(=O)(=O)N3CCN(C(=O)OCC)CC3)cc2)sc2cc3c(cc21)OCCO3. The molecule has 2 amide bonds. The summed E-state index contributed by atoms with van der Waals surface area (Å²) in [4.78, 5) is 43.5. The molecule has 1 fully saturated rings. The number of hydrogen-bond donors (Lipinski definition) is 0. The number of piperazine rings is 1. The van der Waals surface area contributed by atoms with Crippen molar-refractivity contribution in [3.05, 3.63) is 46.8 Å². The van der Waals surface area contributed by atoms with Crippen LogP contribution >= 0.6 is 11.3 Å². The van der Waals surface area contributed by atoms with Crippen LogP contribution in [0.5, 0.6) is 11.5 Å². The summed E-state index contributed by atoms with van der Waals surface area (Å²) >= 11 is 1.26. The van der Waals surface area contributed by atoms with Gasteiger partial charge in [0.2, 0.25) is 10.0 Å². The maximum Gasteiger partial charge on any atom is 0.409 e. The molecule has 13 nitrogen and oxygen atoms in total. The van der Waals surface area contributed by atoms with Crippen molar-refractivity contribution in [3.63, 3.8) is 0 Å². The van der Waals surface area contributed by atoms with Crippen molar-refractivity contribution in [3.8, 4) is 11.5 Å². The molecule has 0 radical (unpaired) electrons. The highest BCUT2D eigenvalue weighted by Gasteiger charge is 2.30. The fourth-order valence-corrected chi connectivity index (χ4v) is 7.23. The van der Waals surface area contributed by atoms with Gasteiger partial charge in [-0.1, -0.05) is 11.3 Å². The molecule has 0 aliphatic carbocycles. The van der Waals surface area contributed by atoms with E-state index in [1.165, 1.54) is 44.8 Å². The molecule has 2 aliphatic rings. The Labute approximate surface area is 252 Å². The molecule has 2 aliphatic heterocycles. The summed E-state index contributed by atoms with van der Waals surface area (Å²) in [5, 5.41) is 0. The van der Waals surface area contributed by atoms with Crippen molar-refractivity contribution in [2.24, 2.45) is 4.99 Å². The van der Waals surface area contributed by atoms with Gasteiger partial charge in [0.1, 0.15) is 13.2 Å². The molecule has 230 valence electrons. The van der Waals surface area contributed by atoms with Gasteiger partial charge < -0.3 is 28.4 Å². The topological polar surface area (TPSA) is 146 Å². The first-order valence-electron chi connectivity index (χ1n) is 13.9. The van der Waals surface area contributed by atoms with Gasteiger partial charge in [0.15, 0.2) is 16.3 Å². The zero-order valence-electron chi connectivity index (χ0n) is 23.8. The number of fused-ring (bicyclic) bond motifs is 2. The molecule has 3 heterocycles. The third-order valence-electron chi connectivity index (χ3n) is 6.89. The number of carbonyl (C=O) groups excluding carboxylic acids is 3. The van der Waals surface area contributed by atoms with Gasteiger partial charge in [-0.05, 0) is 38.1 Å². The van der Waals surface area contributed by atoms with Gasteiger partial charge >= 0.3 is 12.1 Å². The number of nitrogens with zero attached hydrogens (tertiary/aromatic N) is 4. The number of carbonyl (C=O) groups is 3. The fraction of sp³-hybridized carbons (Fsp3) is 0.429.